The lowest BCUT2D eigenvalue weighted by Gasteiger charge is -2.26. The maximum Gasteiger partial charge on any atom is 0.325 e. The van der Waals surface area contributed by atoms with Gasteiger partial charge in [-0.05, 0) is 43.9 Å². The highest BCUT2D eigenvalue weighted by atomic mass is 32.2. The average Bonchev–Trinajstić information content (AvgIpc) is 2.62. The Balaban J connectivity index is 2.94. The van der Waals surface area contributed by atoms with E-state index in [0.29, 0.717) is 6.42 Å². The number of anilines is 1. The van der Waals surface area contributed by atoms with E-state index in [9.17, 15) is 14.4 Å². The first-order chi connectivity index (χ1) is 12.3. The van der Waals surface area contributed by atoms with Crippen molar-refractivity contribution in [1.29, 1.82) is 0 Å². The Labute approximate surface area is 160 Å². The smallest absolute Gasteiger partial charge is 0.325 e. The van der Waals surface area contributed by atoms with Crippen molar-refractivity contribution in [3.8, 4) is 0 Å². The SMILES string of the molecule is CCCCCC(=O)SCC(=O)N(CC(=O)OC)c1c(C)ccc(C)c1C. The quantitative estimate of drug-likeness (QED) is 0.480. The van der Waals surface area contributed by atoms with Gasteiger partial charge in [0.15, 0.2) is 5.12 Å². The molecule has 0 saturated heterocycles. The molecule has 0 atom stereocenters. The highest BCUT2D eigenvalue weighted by molar-refractivity contribution is 8.14. The van der Waals surface area contributed by atoms with Crippen LogP contribution in [0.5, 0.6) is 0 Å². The topological polar surface area (TPSA) is 63.7 Å². The van der Waals surface area contributed by atoms with Crippen LogP contribution in [0.2, 0.25) is 0 Å². The molecule has 144 valence electrons. The number of rotatable bonds is 9. The largest absolute Gasteiger partial charge is 0.468 e. The van der Waals surface area contributed by atoms with Crippen LogP contribution in [-0.4, -0.2) is 36.4 Å². The summed E-state index contributed by atoms with van der Waals surface area (Å²) in [6.45, 7) is 7.72. The van der Waals surface area contributed by atoms with Crippen molar-refractivity contribution in [2.24, 2.45) is 0 Å². The third-order valence-electron chi connectivity index (χ3n) is 4.33. The van der Waals surface area contributed by atoms with Crippen molar-refractivity contribution in [2.45, 2.75) is 53.4 Å². The Hall–Kier alpha value is -1.82. The van der Waals surface area contributed by atoms with Crippen LogP contribution < -0.4 is 4.90 Å². The standard InChI is InChI=1S/C20H29NO4S/c1-6-7-8-9-19(24)26-13-17(22)21(12-18(23)25-5)20-15(3)11-10-14(2)16(20)4/h10-11H,6-9,12-13H2,1-5H3. The van der Waals surface area contributed by atoms with E-state index in [1.807, 2.05) is 32.9 Å². The average molecular weight is 380 g/mol. The van der Waals surface area contributed by atoms with E-state index in [4.69, 9.17) is 4.74 Å². The third kappa shape index (κ3) is 6.48. The van der Waals surface area contributed by atoms with Crippen molar-refractivity contribution in [3.63, 3.8) is 0 Å². The van der Waals surface area contributed by atoms with Crippen LogP contribution in [0.1, 0.15) is 49.3 Å². The molecule has 0 N–H and O–H groups in total. The molecular formula is C20H29NO4S. The molecule has 0 aliphatic rings. The molecule has 0 aliphatic heterocycles. The summed E-state index contributed by atoms with van der Waals surface area (Å²) in [5, 5.41) is 0.0162. The number of carbonyl (C=O) groups is 3. The molecule has 1 aromatic rings. The summed E-state index contributed by atoms with van der Waals surface area (Å²) in [5.41, 5.74) is 3.61. The molecule has 0 heterocycles. The first-order valence-corrected chi connectivity index (χ1v) is 9.90. The Morgan fingerprint density at radius 2 is 1.73 bits per heavy atom. The molecule has 0 spiro atoms. The van der Waals surface area contributed by atoms with Crippen LogP contribution in [0.3, 0.4) is 0 Å². The molecule has 1 rings (SSSR count). The van der Waals surface area contributed by atoms with Crippen LogP contribution in [0.15, 0.2) is 12.1 Å². The summed E-state index contributed by atoms with van der Waals surface area (Å²) >= 11 is 1.03. The second-order valence-corrected chi connectivity index (χ2v) is 7.38. The Kier molecular flexibility index (Phi) is 9.41. The lowest BCUT2D eigenvalue weighted by Crippen LogP contribution is -2.38. The Morgan fingerprint density at radius 1 is 1.08 bits per heavy atom. The summed E-state index contributed by atoms with van der Waals surface area (Å²) in [7, 11) is 1.30. The number of thioether (sulfide) groups is 1. The van der Waals surface area contributed by atoms with Gasteiger partial charge in [-0.3, -0.25) is 19.3 Å². The Morgan fingerprint density at radius 3 is 2.35 bits per heavy atom. The van der Waals surface area contributed by atoms with Crippen molar-refractivity contribution >= 4 is 34.4 Å². The number of aryl methyl sites for hydroxylation is 2. The zero-order chi connectivity index (χ0) is 19.7. The summed E-state index contributed by atoms with van der Waals surface area (Å²) in [6.07, 6.45) is 3.38. The fourth-order valence-electron chi connectivity index (χ4n) is 2.65. The van der Waals surface area contributed by atoms with Gasteiger partial charge in [-0.2, -0.15) is 0 Å². The molecular weight excluding hydrogens is 350 g/mol. The number of amides is 1. The number of carbonyl (C=O) groups excluding carboxylic acids is 3. The van der Waals surface area contributed by atoms with Gasteiger partial charge >= 0.3 is 5.97 Å². The molecule has 0 saturated carbocycles. The maximum atomic E-state index is 12.8. The van der Waals surface area contributed by atoms with Crippen LogP contribution in [0.4, 0.5) is 5.69 Å². The summed E-state index contributed by atoms with van der Waals surface area (Å²) in [6, 6.07) is 3.92. The minimum absolute atomic E-state index is 0.0162. The van der Waals surface area contributed by atoms with Crippen molar-refractivity contribution in [1.82, 2.24) is 0 Å². The van der Waals surface area contributed by atoms with E-state index in [1.165, 1.54) is 12.0 Å². The predicted molar refractivity (Wildman–Crippen MR) is 107 cm³/mol. The zero-order valence-corrected chi connectivity index (χ0v) is 17.2. The number of unbranched alkanes of at least 4 members (excludes halogenated alkanes) is 2. The van der Waals surface area contributed by atoms with E-state index in [0.717, 1.165) is 53.4 Å². The van der Waals surface area contributed by atoms with Gasteiger partial charge in [0.2, 0.25) is 5.91 Å². The molecule has 0 fully saturated rings. The van der Waals surface area contributed by atoms with Crippen LogP contribution >= 0.6 is 11.8 Å². The molecule has 6 heteroatoms. The van der Waals surface area contributed by atoms with E-state index in [1.54, 1.807) is 0 Å². The summed E-state index contributed by atoms with van der Waals surface area (Å²) < 4.78 is 4.75. The number of methoxy groups -OCH3 is 1. The normalized spacial score (nSPS) is 10.5. The maximum absolute atomic E-state index is 12.8. The lowest BCUT2D eigenvalue weighted by atomic mass is 10.0. The molecule has 0 aromatic heterocycles. The lowest BCUT2D eigenvalue weighted by molar-refractivity contribution is -0.139. The summed E-state index contributed by atoms with van der Waals surface area (Å²) in [4.78, 5) is 38.0. The second kappa shape index (κ2) is 11.0. The molecule has 0 unspecified atom stereocenters. The molecule has 1 amide bonds. The van der Waals surface area contributed by atoms with Crippen molar-refractivity contribution in [3.05, 3.63) is 28.8 Å². The first kappa shape index (κ1) is 22.2. The Bertz CT molecular complexity index is 657. The van der Waals surface area contributed by atoms with Gasteiger partial charge in [-0.1, -0.05) is 43.7 Å². The van der Waals surface area contributed by atoms with Gasteiger partial charge < -0.3 is 4.74 Å². The highest BCUT2D eigenvalue weighted by Crippen LogP contribution is 2.28. The van der Waals surface area contributed by atoms with Gasteiger partial charge in [0.1, 0.15) is 6.54 Å². The number of hydrogen-bond donors (Lipinski definition) is 0. The van der Waals surface area contributed by atoms with Crippen LogP contribution in [-0.2, 0) is 19.1 Å². The number of esters is 1. The molecule has 26 heavy (non-hydrogen) atoms. The number of ether oxygens (including phenoxy) is 1. The molecule has 5 nitrogen and oxygen atoms in total. The molecule has 1 aromatic carbocycles. The van der Waals surface area contributed by atoms with Gasteiger partial charge in [0, 0.05) is 6.42 Å². The van der Waals surface area contributed by atoms with Gasteiger partial charge in [0.05, 0.1) is 18.6 Å². The van der Waals surface area contributed by atoms with Crippen molar-refractivity contribution < 1.29 is 19.1 Å². The van der Waals surface area contributed by atoms with Crippen LogP contribution in [0, 0.1) is 20.8 Å². The van der Waals surface area contributed by atoms with Crippen molar-refractivity contribution in [2.75, 3.05) is 24.3 Å². The van der Waals surface area contributed by atoms with Crippen LogP contribution in [0.25, 0.3) is 0 Å². The zero-order valence-electron chi connectivity index (χ0n) is 16.4. The monoisotopic (exact) mass is 379 g/mol. The molecule has 0 bridgehead atoms. The van der Waals surface area contributed by atoms with Gasteiger partial charge in [-0.25, -0.2) is 0 Å². The number of benzene rings is 1. The number of hydrogen-bond acceptors (Lipinski definition) is 5. The van der Waals surface area contributed by atoms with E-state index >= 15 is 0 Å². The van der Waals surface area contributed by atoms with Gasteiger partial charge in [0.25, 0.3) is 0 Å². The minimum Gasteiger partial charge on any atom is -0.468 e. The number of nitrogens with zero attached hydrogens (tertiary/aromatic N) is 1. The second-order valence-electron chi connectivity index (χ2n) is 6.35. The van der Waals surface area contributed by atoms with E-state index in [2.05, 4.69) is 6.92 Å². The molecule has 0 radical (unpaired) electrons. The van der Waals surface area contributed by atoms with E-state index in [-0.39, 0.29) is 23.3 Å². The fraction of sp³-hybridized carbons (Fsp3) is 0.550. The first-order valence-electron chi connectivity index (χ1n) is 8.91. The predicted octanol–water partition coefficient (Wildman–Crippen LogP) is 3.96. The molecule has 0 aliphatic carbocycles. The summed E-state index contributed by atoms with van der Waals surface area (Å²) in [5.74, 6) is -0.728. The minimum atomic E-state index is -0.488. The third-order valence-corrected chi connectivity index (χ3v) is 5.25. The van der Waals surface area contributed by atoms with Gasteiger partial charge in [-0.15, -0.1) is 0 Å². The fourth-order valence-corrected chi connectivity index (χ4v) is 3.38. The highest BCUT2D eigenvalue weighted by Gasteiger charge is 2.24. The van der Waals surface area contributed by atoms with E-state index < -0.39 is 5.97 Å².